The highest BCUT2D eigenvalue weighted by molar-refractivity contribution is 7.92. The van der Waals surface area contributed by atoms with Crippen molar-refractivity contribution in [2.24, 2.45) is 5.10 Å². The van der Waals surface area contributed by atoms with Gasteiger partial charge in [-0.3, -0.25) is 9.10 Å². The zero-order chi connectivity index (χ0) is 22.3. The first kappa shape index (κ1) is 22.3. The number of rotatable bonds is 8. The van der Waals surface area contributed by atoms with Gasteiger partial charge < -0.3 is 0 Å². The number of hydrogen-bond acceptors (Lipinski definition) is 4. The Balaban J connectivity index is 1.74. The Hall–Kier alpha value is -3.42. The second-order valence-corrected chi connectivity index (χ2v) is 8.73. The zero-order valence-electron chi connectivity index (χ0n) is 16.5. The highest BCUT2D eigenvalue weighted by Crippen LogP contribution is 2.24. The summed E-state index contributed by atoms with van der Waals surface area (Å²) < 4.78 is 27.3. The molecule has 0 aliphatic heterocycles. The summed E-state index contributed by atoms with van der Waals surface area (Å²) in [7, 11) is -3.77. The second-order valence-electron chi connectivity index (χ2n) is 6.44. The standard InChI is InChI=1S/C23H20ClN3O3S/c1-2-16-27(31(29,30)22-6-4-3-5-7-22)21-14-10-19(11-15-21)23(28)26-25-17-18-8-12-20(24)13-9-18/h2-15,17H,1,16H2,(H,26,28)/b25-17-. The molecular formula is C23H20ClN3O3S. The number of sulfonamides is 1. The van der Waals surface area contributed by atoms with Crippen molar-refractivity contribution in [2.75, 3.05) is 10.8 Å². The van der Waals surface area contributed by atoms with Crippen LogP contribution in [0.2, 0.25) is 5.02 Å². The number of anilines is 1. The monoisotopic (exact) mass is 453 g/mol. The summed E-state index contributed by atoms with van der Waals surface area (Å²) in [6, 6.07) is 21.4. The molecule has 1 N–H and O–H groups in total. The third kappa shape index (κ3) is 5.59. The van der Waals surface area contributed by atoms with Gasteiger partial charge in [-0.25, -0.2) is 13.8 Å². The molecule has 0 spiro atoms. The Morgan fingerprint density at radius 1 is 1.00 bits per heavy atom. The summed E-state index contributed by atoms with van der Waals surface area (Å²) in [6.07, 6.45) is 3.01. The molecule has 3 rings (SSSR count). The fourth-order valence-corrected chi connectivity index (χ4v) is 4.32. The Bertz CT molecular complexity index is 1180. The minimum Gasteiger partial charge on any atom is -0.267 e. The van der Waals surface area contributed by atoms with Gasteiger partial charge in [-0.15, -0.1) is 6.58 Å². The molecule has 6 nitrogen and oxygen atoms in total. The quantitative estimate of drug-likeness (QED) is 0.310. The van der Waals surface area contributed by atoms with Gasteiger partial charge in [0.2, 0.25) is 0 Å². The van der Waals surface area contributed by atoms with Crippen LogP contribution < -0.4 is 9.73 Å². The summed E-state index contributed by atoms with van der Waals surface area (Å²) in [5.74, 6) is -0.419. The highest BCUT2D eigenvalue weighted by atomic mass is 35.5. The largest absolute Gasteiger partial charge is 0.271 e. The normalized spacial score (nSPS) is 11.3. The molecule has 1 amide bonds. The second kappa shape index (κ2) is 10.1. The lowest BCUT2D eigenvalue weighted by molar-refractivity contribution is 0.0955. The lowest BCUT2D eigenvalue weighted by Gasteiger charge is -2.23. The number of carbonyl (C=O) groups excluding carboxylic acids is 1. The SMILES string of the molecule is C=CCN(c1ccc(C(=O)N/N=C\c2ccc(Cl)cc2)cc1)S(=O)(=O)c1ccccc1. The first-order chi connectivity index (χ1) is 14.9. The number of halogens is 1. The first-order valence-corrected chi connectivity index (χ1v) is 11.1. The van der Waals surface area contributed by atoms with Crippen LogP contribution in [0.15, 0.2) is 102 Å². The van der Waals surface area contributed by atoms with Gasteiger partial charge in [0.1, 0.15) is 0 Å². The molecule has 3 aromatic rings. The van der Waals surface area contributed by atoms with E-state index >= 15 is 0 Å². The van der Waals surface area contributed by atoms with Crippen LogP contribution >= 0.6 is 11.6 Å². The van der Waals surface area contributed by atoms with E-state index in [1.165, 1.54) is 28.7 Å². The number of hydrogen-bond donors (Lipinski definition) is 1. The predicted molar refractivity (Wildman–Crippen MR) is 124 cm³/mol. The fourth-order valence-electron chi connectivity index (χ4n) is 2.74. The van der Waals surface area contributed by atoms with E-state index < -0.39 is 15.9 Å². The van der Waals surface area contributed by atoms with Crippen LogP contribution in [0.25, 0.3) is 0 Å². The van der Waals surface area contributed by atoms with Crippen LogP contribution in [0.5, 0.6) is 0 Å². The smallest absolute Gasteiger partial charge is 0.267 e. The van der Waals surface area contributed by atoms with Gasteiger partial charge in [-0.05, 0) is 54.1 Å². The van der Waals surface area contributed by atoms with Crippen molar-refractivity contribution in [3.05, 3.63) is 108 Å². The van der Waals surface area contributed by atoms with Crippen LogP contribution in [-0.2, 0) is 10.0 Å². The topological polar surface area (TPSA) is 78.8 Å². The van der Waals surface area contributed by atoms with Gasteiger partial charge in [0.25, 0.3) is 15.9 Å². The summed E-state index contributed by atoms with van der Waals surface area (Å²) in [5, 5.41) is 4.54. The maximum Gasteiger partial charge on any atom is 0.271 e. The lowest BCUT2D eigenvalue weighted by atomic mass is 10.2. The predicted octanol–water partition coefficient (Wildman–Crippen LogP) is 4.49. The third-order valence-electron chi connectivity index (χ3n) is 4.29. The van der Waals surface area contributed by atoms with Crippen LogP contribution in [0.4, 0.5) is 5.69 Å². The fraction of sp³-hybridized carbons (Fsp3) is 0.0435. The average Bonchev–Trinajstić information content (AvgIpc) is 2.79. The van der Waals surface area contributed by atoms with Crippen molar-refractivity contribution in [3.8, 4) is 0 Å². The molecule has 31 heavy (non-hydrogen) atoms. The van der Waals surface area contributed by atoms with E-state index in [-0.39, 0.29) is 11.4 Å². The number of nitrogens with zero attached hydrogens (tertiary/aromatic N) is 2. The summed E-state index contributed by atoms with van der Waals surface area (Å²) >= 11 is 5.83. The van der Waals surface area contributed by atoms with Crippen molar-refractivity contribution < 1.29 is 13.2 Å². The molecule has 0 heterocycles. The molecule has 0 fully saturated rings. The number of nitrogens with one attached hydrogen (secondary N) is 1. The van der Waals surface area contributed by atoms with E-state index in [0.717, 1.165) is 5.56 Å². The molecule has 0 saturated carbocycles. The van der Waals surface area contributed by atoms with Gasteiger partial charge in [-0.2, -0.15) is 5.10 Å². The number of amides is 1. The molecule has 0 atom stereocenters. The maximum atomic E-state index is 13.0. The van der Waals surface area contributed by atoms with Crippen molar-refractivity contribution in [2.45, 2.75) is 4.90 Å². The molecule has 0 aromatic heterocycles. The number of hydrazone groups is 1. The van der Waals surface area contributed by atoms with Gasteiger partial charge in [0, 0.05) is 10.6 Å². The Morgan fingerprint density at radius 2 is 1.65 bits per heavy atom. The molecule has 8 heteroatoms. The number of benzene rings is 3. The molecule has 0 saturated heterocycles. The van der Waals surface area contributed by atoms with E-state index in [0.29, 0.717) is 16.3 Å². The minimum atomic E-state index is -3.77. The maximum absolute atomic E-state index is 13.0. The van der Waals surface area contributed by atoms with Crippen LogP contribution in [0.3, 0.4) is 0 Å². The summed E-state index contributed by atoms with van der Waals surface area (Å²) in [4.78, 5) is 12.5. The zero-order valence-corrected chi connectivity index (χ0v) is 18.1. The summed E-state index contributed by atoms with van der Waals surface area (Å²) in [6.45, 7) is 3.74. The molecular weight excluding hydrogens is 434 g/mol. The molecule has 0 radical (unpaired) electrons. The van der Waals surface area contributed by atoms with Crippen LogP contribution in [0.1, 0.15) is 15.9 Å². The third-order valence-corrected chi connectivity index (χ3v) is 6.35. The molecule has 158 valence electrons. The summed E-state index contributed by atoms with van der Waals surface area (Å²) in [5.41, 5.74) is 3.99. The molecule has 0 bridgehead atoms. The van der Waals surface area contributed by atoms with E-state index in [4.69, 9.17) is 11.6 Å². The van der Waals surface area contributed by atoms with E-state index in [1.807, 2.05) is 0 Å². The number of carbonyl (C=O) groups is 1. The van der Waals surface area contributed by atoms with Gasteiger partial charge >= 0.3 is 0 Å². The average molecular weight is 454 g/mol. The van der Waals surface area contributed by atoms with E-state index in [1.54, 1.807) is 66.7 Å². The first-order valence-electron chi connectivity index (χ1n) is 9.29. The Kier molecular flexibility index (Phi) is 7.23. The molecule has 0 aliphatic carbocycles. The van der Waals surface area contributed by atoms with Crippen molar-refractivity contribution in [3.63, 3.8) is 0 Å². The highest BCUT2D eigenvalue weighted by Gasteiger charge is 2.23. The van der Waals surface area contributed by atoms with Crippen LogP contribution in [0, 0.1) is 0 Å². The van der Waals surface area contributed by atoms with Crippen LogP contribution in [-0.4, -0.2) is 27.1 Å². The molecule has 3 aromatic carbocycles. The lowest BCUT2D eigenvalue weighted by Crippen LogP contribution is -2.31. The van der Waals surface area contributed by atoms with Crippen molar-refractivity contribution >= 4 is 39.4 Å². The van der Waals surface area contributed by atoms with Gasteiger partial charge in [0.15, 0.2) is 0 Å². The molecule has 0 aliphatic rings. The van der Waals surface area contributed by atoms with Gasteiger partial charge in [0.05, 0.1) is 23.3 Å². The van der Waals surface area contributed by atoms with Crippen molar-refractivity contribution in [1.82, 2.24) is 5.43 Å². The van der Waals surface area contributed by atoms with Gasteiger partial charge in [-0.1, -0.05) is 48.0 Å². The van der Waals surface area contributed by atoms with E-state index in [9.17, 15) is 13.2 Å². The minimum absolute atomic E-state index is 0.0914. The Morgan fingerprint density at radius 3 is 2.26 bits per heavy atom. The Labute approximate surface area is 186 Å². The van der Waals surface area contributed by atoms with E-state index in [2.05, 4.69) is 17.1 Å². The van der Waals surface area contributed by atoms with Crippen molar-refractivity contribution in [1.29, 1.82) is 0 Å². The molecule has 0 unspecified atom stereocenters.